The van der Waals surface area contributed by atoms with Crippen molar-refractivity contribution in [1.29, 1.82) is 0 Å². The Kier molecular flexibility index (Phi) is 8.36. The molecule has 0 bridgehead atoms. The molecule has 0 atom stereocenters. The van der Waals surface area contributed by atoms with E-state index >= 15 is 0 Å². The molecule has 0 saturated carbocycles. The average Bonchev–Trinajstić information content (AvgIpc) is 2.12. The minimum Gasteiger partial charge on any atom is -0.0967 e. The molecule has 0 spiro atoms. The van der Waals surface area contributed by atoms with Gasteiger partial charge in [0.1, 0.15) is 0 Å². The molecule has 0 fully saturated rings. The fourth-order valence-corrected chi connectivity index (χ4v) is 23.2. The van der Waals surface area contributed by atoms with Gasteiger partial charge in [0.15, 0.2) is 0 Å². The van der Waals surface area contributed by atoms with Gasteiger partial charge >= 0.3 is 0 Å². The third-order valence-corrected chi connectivity index (χ3v) is 19.2. The topological polar surface area (TPSA) is 0 Å². The first kappa shape index (κ1) is 20.1. The van der Waals surface area contributed by atoms with Crippen LogP contribution in [0.2, 0.25) is 19.6 Å². The Morgan fingerprint density at radius 3 is 0.842 bits per heavy atom. The van der Waals surface area contributed by atoms with E-state index in [0.717, 1.165) is 27.7 Å². The molecule has 0 aromatic rings. The standard InChI is InChI=1S/C16H38P2Si/c1-12(2)17(13(3)4)16(19(9,10)11)18(14(5)6)15(7)8/h12-16H,1-11H3. The molecular formula is C16H38P2Si. The molecule has 0 saturated heterocycles. The molecule has 0 amide bonds. The van der Waals surface area contributed by atoms with E-state index in [9.17, 15) is 0 Å². The highest BCUT2D eigenvalue weighted by Crippen LogP contribution is 2.68. The summed E-state index contributed by atoms with van der Waals surface area (Å²) in [4.78, 5) is 0. The molecule has 0 aromatic heterocycles. The lowest BCUT2D eigenvalue weighted by molar-refractivity contribution is 0.979. The fraction of sp³-hybridized carbons (Fsp3) is 1.00. The number of hydrogen-bond acceptors (Lipinski definition) is 0. The van der Waals surface area contributed by atoms with Crippen molar-refractivity contribution in [1.82, 2.24) is 0 Å². The Labute approximate surface area is 127 Å². The van der Waals surface area contributed by atoms with Crippen LogP contribution < -0.4 is 0 Å². The van der Waals surface area contributed by atoms with Crippen molar-refractivity contribution >= 4 is 23.9 Å². The van der Waals surface area contributed by atoms with Gasteiger partial charge in [-0.1, -0.05) is 90.9 Å². The molecule has 0 aliphatic carbocycles. The Morgan fingerprint density at radius 1 is 0.526 bits per heavy atom. The van der Waals surface area contributed by atoms with E-state index in [4.69, 9.17) is 0 Å². The van der Waals surface area contributed by atoms with Crippen LogP contribution in [0.25, 0.3) is 0 Å². The predicted octanol–water partition coefficient (Wildman–Crippen LogP) is 6.79. The van der Waals surface area contributed by atoms with Crippen LogP contribution in [0.4, 0.5) is 0 Å². The second-order valence-corrected chi connectivity index (χ2v) is 21.7. The Hall–Kier alpha value is 1.08. The van der Waals surface area contributed by atoms with E-state index in [-0.39, 0.29) is 15.8 Å². The van der Waals surface area contributed by atoms with Gasteiger partial charge in [-0.3, -0.25) is 0 Å². The van der Waals surface area contributed by atoms with Gasteiger partial charge in [0.05, 0.1) is 8.07 Å². The Morgan fingerprint density at radius 2 is 0.737 bits per heavy atom. The van der Waals surface area contributed by atoms with Gasteiger partial charge < -0.3 is 0 Å². The minimum atomic E-state index is -1.11. The van der Waals surface area contributed by atoms with Crippen LogP contribution in [0, 0.1) is 0 Å². The molecule has 0 unspecified atom stereocenters. The molecule has 0 aliphatic heterocycles. The highest BCUT2D eigenvalue weighted by molar-refractivity contribution is 7.81. The van der Waals surface area contributed by atoms with Crippen molar-refractivity contribution in [3.63, 3.8) is 0 Å². The second-order valence-electron chi connectivity index (χ2n) is 8.01. The van der Waals surface area contributed by atoms with Crippen molar-refractivity contribution in [2.24, 2.45) is 0 Å². The summed E-state index contributed by atoms with van der Waals surface area (Å²) < 4.78 is 0. The van der Waals surface area contributed by atoms with Crippen LogP contribution in [0.3, 0.4) is 0 Å². The van der Waals surface area contributed by atoms with Gasteiger partial charge in [0.25, 0.3) is 0 Å². The zero-order chi connectivity index (χ0) is 15.5. The van der Waals surface area contributed by atoms with Crippen LogP contribution in [-0.2, 0) is 0 Å². The molecule has 116 valence electrons. The van der Waals surface area contributed by atoms with Crippen LogP contribution in [0.1, 0.15) is 55.4 Å². The van der Waals surface area contributed by atoms with E-state index in [1.807, 2.05) is 0 Å². The van der Waals surface area contributed by atoms with E-state index < -0.39 is 8.07 Å². The van der Waals surface area contributed by atoms with Crippen molar-refractivity contribution < 1.29 is 0 Å². The van der Waals surface area contributed by atoms with Crippen LogP contribution >= 0.6 is 15.8 Å². The first-order valence-corrected chi connectivity index (χ1v) is 14.6. The minimum absolute atomic E-state index is 0.156. The summed E-state index contributed by atoms with van der Waals surface area (Å²) in [5.41, 5.74) is 3.53. The molecule has 0 heterocycles. The van der Waals surface area contributed by atoms with Gasteiger partial charge in [0.2, 0.25) is 0 Å². The van der Waals surface area contributed by atoms with Crippen LogP contribution in [0.15, 0.2) is 0 Å². The first-order chi connectivity index (χ1) is 8.41. The summed E-state index contributed by atoms with van der Waals surface area (Å²) >= 11 is 0. The zero-order valence-electron chi connectivity index (χ0n) is 15.3. The maximum absolute atomic E-state index is 2.62. The third-order valence-electron chi connectivity index (χ3n) is 3.72. The normalized spacial score (nSPS) is 14.2. The van der Waals surface area contributed by atoms with Gasteiger partial charge in [-0.2, -0.15) is 0 Å². The number of rotatable bonds is 7. The SMILES string of the molecule is CC(C)P(C(C)C)C(P(C(C)C)C(C)C)[Si](C)(C)C. The van der Waals surface area contributed by atoms with E-state index in [2.05, 4.69) is 75.0 Å². The summed E-state index contributed by atoms with van der Waals surface area (Å²) in [7, 11) is -0.794. The molecule has 19 heavy (non-hydrogen) atoms. The quantitative estimate of drug-likeness (QED) is 0.358. The monoisotopic (exact) mass is 320 g/mol. The molecule has 0 aromatic carbocycles. The van der Waals surface area contributed by atoms with Crippen molar-refractivity contribution in [2.75, 3.05) is 0 Å². The average molecular weight is 321 g/mol. The lowest BCUT2D eigenvalue weighted by atomic mass is 10.5. The molecule has 0 nitrogen and oxygen atoms in total. The molecule has 3 heteroatoms. The van der Waals surface area contributed by atoms with Crippen LogP contribution in [0.5, 0.6) is 0 Å². The Bertz CT molecular complexity index is 218. The summed E-state index contributed by atoms with van der Waals surface area (Å²) in [5, 5.41) is 1.07. The molecular weight excluding hydrogens is 282 g/mol. The van der Waals surface area contributed by atoms with E-state index in [1.54, 1.807) is 0 Å². The van der Waals surface area contributed by atoms with Crippen molar-refractivity contribution in [3.8, 4) is 0 Å². The van der Waals surface area contributed by atoms with Gasteiger partial charge in [-0.15, -0.1) is 0 Å². The maximum Gasteiger partial charge on any atom is 0.0571 e. The fourth-order valence-electron chi connectivity index (χ4n) is 3.37. The van der Waals surface area contributed by atoms with Crippen molar-refractivity contribution in [2.45, 2.75) is 103 Å². The lowest BCUT2D eigenvalue weighted by Crippen LogP contribution is -2.41. The van der Waals surface area contributed by atoms with E-state index in [1.165, 1.54) is 0 Å². The maximum atomic E-state index is 2.62. The first-order valence-electron chi connectivity index (χ1n) is 7.96. The zero-order valence-corrected chi connectivity index (χ0v) is 18.1. The molecule has 0 rings (SSSR count). The van der Waals surface area contributed by atoms with E-state index in [0.29, 0.717) is 0 Å². The molecule has 0 radical (unpaired) electrons. The molecule has 0 aliphatic rings. The van der Waals surface area contributed by atoms with Crippen molar-refractivity contribution in [3.05, 3.63) is 0 Å². The summed E-state index contributed by atoms with van der Waals surface area (Å²) in [6, 6.07) is 0. The summed E-state index contributed by atoms with van der Waals surface area (Å²) in [6.07, 6.45) is 0. The van der Waals surface area contributed by atoms with Crippen LogP contribution in [-0.4, -0.2) is 35.7 Å². The van der Waals surface area contributed by atoms with Gasteiger partial charge in [-0.05, 0) is 27.7 Å². The Balaban J connectivity index is 5.65. The summed E-state index contributed by atoms with van der Waals surface area (Å²) in [6.45, 7) is 27.7. The highest BCUT2D eigenvalue weighted by Gasteiger charge is 2.43. The third kappa shape index (κ3) is 5.76. The van der Waals surface area contributed by atoms with Gasteiger partial charge in [-0.25, -0.2) is 0 Å². The largest absolute Gasteiger partial charge is 0.0967 e. The lowest BCUT2D eigenvalue weighted by Gasteiger charge is -2.48. The highest BCUT2D eigenvalue weighted by atomic mass is 31.2. The number of hydrogen-bond donors (Lipinski definition) is 0. The smallest absolute Gasteiger partial charge is 0.0571 e. The van der Waals surface area contributed by atoms with Gasteiger partial charge in [0, 0.05) is 0 Å². The second kappa shape index (κ2) is 7.91. The predicted molar refractivity (Wildman–Crippen MR) is 102 cm³/mol. The summed E-state index contributed by atoms with van der Waals surface area (Å²) in [5.74, 6) is 0. The molecule has 0 N–H and O–H groups in total.